The molecule has 0 saturated carbocycles. The van der Waals surface area contributed by atoms with Crippen molar-refractivity contribution in [3.63, 3.8) is 0 Å². The van der Waals surface area contributed by atoms with Crippen molar-refractivity contribution in [3.05, 3.63) is 11.6 Å². The van der Waals surface area contributed by atoms with E-state index in [1.54, 1.807) is 6.07 Å². The summed E-state index contributed by atoms with van der Waals surface area (Å²) in [7, 11) is 1.31. The van der Waals surface area contributed by atoms with Crippen LogP contribution in [0.1, 0.15) is 24.2 Å². The van der Waals surface area contributed by atoms with E-state index in [9.17, 15) is 4.79 Å². The molecule has 0 saturated heterocycles. The van der Waals surface area contributed by atoms with Gasteiger partial charge in [-0.1, -0.05) is 0 Å². The van der Waals surface area contributed by atoms with Crippen molar-refractivity contribution in [2.45, 2.75) is 13.8 Å². The minimum atomic E-state index is -0.511. The predicted octanol–water partition coefficient (Wildman–Crippen LogP) is 2.00. The second-order valence-electron chi connectivity index (χ2n) is 3.67. The van der Waals surface area contributed by atoms with Gasteiger partial charge < -0.3 is 23.7 Å². The number of fused-ring (bicyclic) bond motifs is 1. The van der Waals surface area contributed by atoms with Crippen LogP contribution in [0.15, 0.2) is 6.07 Å². The maximum Gasteiger partial charge on any atom is 0.341 e. The zero-order chi connectivity index (χ0) is 13.8. The molecular formula is C13H16O6. The van der Waals surface area contributed by atoms with Gasteiger partial charge in [-0.3, -0.25) is 0 Å². The van der Waals surface area contributed by atoms with Crippen LogP contribution in [0, 0.1) is 0 Å². The fourth-order valence-corrected chi connectivity index (χ4v) is 1.83. The summed E-state index contributed by atoms with van der Waals surface area (Å²) in [5.74, 6) is 1.10. The first kappa shape index (κ1) is 13.3. The molecule has 6 heteroatoms. The summed E-state index contributed by atoms with van der Waals surface area (Å²) >= 11 is 0. The van der Waals surface area contributed by atoms with Gasteiger partial charge in [0.25, 0.3) is 0 Å². The van der Waals surface area contributed by atoms with Gasteiger partial charge in [0.15, 0.2) is 11.5 Å². The lowest BCUT2D eigenvalue weighted by Gasteiger charge is -2.14. The Morgan fingerprint density at radius 3 is 2.53 bits per heavy atom. The fourth-order valence-electron chi connectivity index (χ4n) is 1.83. The summed E-state index contributed by atoms with van der Waals surface area (Å²) in [6, 6.07) is 1.55. The number of carbonyl (C=O) groups is 1. The first-order valence-corrected chi connectivity index (χ1v) is 6.03. The number of hydrogen-bond acceptors (Lipinski definition) is 6. The van der Waals surface area contributed by atoms with Crippen molar-refractivity contribution >= 4 is 5.97 Å². The molecule has 0 radical (unpaired) electrons. The van der Waals surface area contributed by atoms with Crippen LogP contribution in [0.3, 0.4) is 0 Å². The lowest BCUT2D eigenvalue weighted by molar-refractivity contribution is 0.0595. The quantitative estimate of drug-likeness (QED) is 0.761. The summed E-state index contributed by atoms with van der Waals surface area (Å²) in [6.07, 6.45) is 0. The maximum atomic E-state index is 11.8. The van der Waals surface area contributed by atoms with Crippen LogP contribution in [-0.2, 0) is 4.74 Å². The van der Waals surface area contributed by atoms with Gasteiger partial charge in [-0.2, -0.15) is 0 Å². The Labute approximate surface area is 111 Å². The molecule has 0 fully saturated rings. The topological polar surface area (TPSA) is 63.2 Å². The molecule has 0 spiro atoms. The molecule has 0 amide bonds. The molecule has 1 aliphatic rings. The number of esters is 1. The van der Waals surface area contributed by atoms with Crippen LogP contribution < -0.4 is 18.9 Å². The molecule has 1 aliphatic heterocycles. The van der Waals surface area contributed by atoms with Crippen LogP contribution in [0.4, 0.5) is 0 Å². The zero-order valence-electron chi connectivity index (χ0n) is 11.1. The van der Waals surface area contributed by atoms with Gasteiger partial charge >= 0.3 is 5.97 Å². The average Bonchev–Trinajstić information content (AvgIpc) is 2.90. The lowest BCUT2D eigenvalue weighted by atomic mass is 10.1. The van der Waals surface area contributed by atoms with E-state index >= 15 is 0 Å². The smallest absolute Gasteiger partial charge is 0.341 e. The van der Waals surface area contributed by atoms with Crippen LogP contribution in [0.5, 0.6) is 23.0 Å². The SMILES string of the molecule is CCOc1cc(C(=O)OC)c(OCC)c2c1OCO2. The number of rotatable bonds is 5. The van der Waals surface area contributed by atoms with Crippen molar-refractivity contribution in [2.24, 2.45) is 0 Å². The molecule has 6 nitrogen and oxygen atoms in total. The van der Waals surface area contributed by atoms with E-state index in [4.69, 9.17) is 23.7 Å². The third-order valence-corrected chi connectivity index (χ3v) is 2.56. The molecule has 0 aromatic heterocycles. The van der Waals surface area contributed by atoms with Crippen LogP contribution >= 0.6 is 0 Å². The molecular weight excluding hydrogens is 252 g/mol. The van der Waals surface area contributed by atoms with Crippen molar-refractivity contribution in [3.8, 4) is 23.0 Å². The first-order chi connectivity index (χ1) is 9.22. The van der Waals surface area contributed by atoms with Crippen LogP contribution in [0.25, 0.3) is 0 Å². The second-order valence-corrected chi connectivity index (χ2v) is 3.67. The Kier molecular flexibility index (Phi) is 3.99. The standard InChI is InChI=1S/C13H16O6/c1-4-16-9-6-8(13(14)15-3)10(17-5-2)12-11(9)18-7-19-12/h6H,4-5,7H2,1-3H3. The van der Waals surface area contributed by atoms with E-state index < -0.39 is 5.97 Å². The van der Waals surface area contributed by atoms with Gasteiger partial charge in [-0.15, -0.1) is 0 Å². The molecule has 0 aliphatic carbocycles. The van der Waals surface area contributed by atoms with Gasteiger partial charge in [0.1, 0.15) is 5.56 Å². The molecule has 0 unspecified atom stereocenters. The van der Waals surface area contributed by atoms with E-state index in [1.807, 2.05) is 13.8 Å². The van der Waals surface area contributed by atoms with Gasteiger partial charge in [-0.05, 0) is 13.8 Å². The second kappa shape index (κ2) is 5.69. The fraction of sp³-hybridized carbons (Fsp3) is 0.462. The van der Waals surface area contributed by atoms with E-state index in [0.29, 0.717) is 36.2 Å². The molecule has 1 aromatic carbocycles. The molecule has 0 N–H and O–H groups in total. The first-order valence-electron chi connectivity index (χ1n) is 6.03. The molecule has 2 rings (SSSR count). The number of methoxy groups -OCH3 is 1. The van der Waals surface area contributed by atoms with Crippen molar-refractivity contribution in [1.82, 2.24) is 0 Å². The van der Waals surface area contributed by atoms with Crippen molar-refractivity contribution in [2.75, 3.05) is 27.1 Å². The highest BCUT2D eigenvalue weighted by Gasteiger charge is 2.30. The Bertz CT molecular complexity index is 483. The van der Waals surface area contributed by atoms with Crippen molar-refractivity contribution < 1.29 is 28.5 Å². The van der Waals surface area contributed by atoms with E-state index in [1.165, 1.54) is 7.11 Å². The predicted molar refractivity (Wildman–Crippen MR) is 66.2 cm³/mol. The summed E-state index contributed by atoms with van der Waals surface area (Å²) < 4.78 is 26.4. The van der Waals surface area contributed by atoms with Gasteiger partial charge in [-0.25, -0.2) is 4.79 Å². The third kappa shape index (κ3) is 2.38. The number of benzene rings is 1. The lowest BCUT2D eigenvalue weighted by Crippen LogP contribution is -2.07. The monoisotopic (exact) mass is 268 g/mol. The highest BCUT2D eigenvalue weighted by atomic mass is 16.7. The minimum absolute atomic E-state index is 0.0696. The van der Waals surface area contributed by atoms with Gasteiger partial charge in [0.2, 0.25) is 18.3 Å². The average molecular weight is 268 g/mol. The normalized spacial score (nSPS) is 12.2. The molecule has 0 bridgehead atoms. The molecule has 104 valence electrons. The summed E-state index contributed by atoms with van der Waals surface area (Å²) in [5, 5.41) is 0. The van der Waals surface area contributed by atoms with E-state index in [0.717, 1.165) is 0 Å². The minimum Gasteiger partial charge on any atom is -0.490 e. The summed E-state index contributed by atoms with van der Waals surface area (Å²) in [4.78, 5) is 11.8. The van der Waals surface area contributed by atoms with E-state index in [-0.39, 0.29) is 12.4 Å². The zero-order valence-corrected chi connectivity index (χ0v) is 11.1. The number of hydrogen-bond donors (Lipinski definition) is 0. The van der Waals surface area contributed by atoms with E-state index in [2.05, 4.69) is 0 Å². The van der Waals surface area contributed by atoms with Crippen molar-refractivity contribution in [1.29, 1.82) is 0 Å². The summed E-state index contributed by atoms with van der Waals surface area (Å²) in [6.45, 7) is 4.58. The van der Waals surface area contributed by atoms with Crippen LogP contribution in [-0.4, -0.2) is 33.1 Å². The maximum absolute atomic E-state index is 11.8. The van der Waals surface area contributed by atoms with Crippen LogP contribution in [0.2, 0.25) is 0 Å². The Hall–Kier alpha value is -2.11. The molecule has 1 heterocycles. The molecule has 19 heavy (non-hydrogen) atoms. The Morgan fingerprint density at radius 1 is 1.21 bits per heavy atom. The largest absolute Gasteiger partial charge is 0.490 e. The van der Waals surface area contributed by atoms with Gasteiger partial charge in [0, 0.05) is 6.07 Å². The molecule has 0 atom stereocenters. The third-order valence-electron chi connectivity index (χ3n) is 2.56. The molecule has 1 aromatic rings. The summed E-state index contributed by atoms with van der Waals surface area (Å²) in [5.41, 5.74) is 0.261. The van der Waals surface area contributed by atoms with Gasteiger partial charge in [0.05, 0.1) is 20.3 Å². The number of ether oxygens (including phenoxy) is 5. The highest BCUT2D eigenvalue weighted by molar-refractivity contribution is 5.95. The Balaban J connectivity index is 2.57. The highest BCUT2D eigenvalue weighted by Crippen LogP contribution is 2.49. The Morgan fingerprint density at radius 2 is 1.89 bits per heavy atom. The number of carbonyl (C=O) groups excluding carboxylic acids is 1.